The van der Waals surface area contributed by atoms with Crippen molar-refractivity contribution < 1.29 is 4.79 Å². The topological polar surface area (TPSA) is 87.1 Å². The minimum absolute atomic E-state index is 0.0577. The molecule has 0 saturated carbocycles. The molecule has 26 heavy (non-hydrogen) atoms. The minimum atomic E-state index is -0.0577. The number of carbonyl (C=O) groups is 1. The summed E-state index contributed by atoms with van der Waals surface area (Å²) >= 11 is 0. The Hall–Kier alpha value is -2.77. The summed E-state index contributed by atoms with van der Waals surface area (Å²) in [6, 6.07) is 3.47. The predicted molar refractivity (Wildman–Crippen MR) is 100 cm³/mol. The maximum absolute atomic E-state index is 12.7. The Kier molecular flexibility index (Phi) is 6.29. The Balaban J connectivity index is 1.55. The maximum atomic E-state index is 12.7. The van der Waals surface area contributed by atoms with Gasteiger partial charge in [-0.3, -0.25) is 4.79 Å². The monoisotopic (exact) mass is 355 g/mol. The van der Waals surface area contributed by atoms with E-state index in [1.165, 1.54) is 12.8 Å². The van der Waals surface area contributed by atoms with Crippen molar-refractivity contribution in [2.75, 3.05) is 42.9 Å². The molecule has 2 aromatic rings. The zero-order valence-corrected chi connectivity index (χ0v) is 15.1. The van der Waals surface area contributed by atoms with Gasteiger partial charge in [0, 0.05) is 51.3 Å². The Morgan fingerprint density at radius 2 is 1.85 bits per heavy atom. The van der Waals surface area contributed by atoms with Crippen molar-refractivity contribution in [3.05, 3.63) is 36.4 Å². The van der Waals surface area contributed by atoms with Crippen LogP contribution in [0.15, 0.2) is 30.7 Å². The second kappa shape index (κ2) is 9.07. The quantitative estimate of drug-likeness (QED) is 0.758. The zero-order chi connectivity index (χ0) is 18.2. The van der Waals surface area contributed by atoms with E-state index in [-0.39, 0.29) is 5.91 Å². The van der Waals surface area contributed by atoms with Gasteiger partial charge in [0.1, 0.15) is 5.69 Å². The second-order valence-corrected chi connectivity index (χ2v) is 6.23. The van der Waals surface area contributed by atoms with Gasteiger partial charge in [0.05, 0.1) is 0 Å². The molecule has 0 spiro atoms. The highest BCUT2D eigenvalue weighted by Crippen LogP contribution is 2.12. The number of hydrogen-bond acceptors (Lipinski definition) is 7. The van der Waals surface area contributed by atoms with Crippen LogP contribution in [0.3, 0.4) is 0 Å². The Labute approximate surface area is 153 Å². The molecule has 3 heterocycles. The van der Waals surface area contributed by atoms with Gasteiger partial charge in [-0.05, 0) is 18.6 Å². The summed E-state index contributed by atoms with van der Waals surface area (Å²) in [6.07, 6.45) is 8.51. The smallest absolute Gasteiger partial charge is 0.272 e. The first kappa shape index (κ1) is 18.0. The number of nitrogens with zero attached hydrogens (tertiary/aromatic N) is 6. The molecule has 0 radical (unpaired) electrons. The number of aromatic nitrogens is 4. The minimum Gasteiger partial charge on any atom is -0.354 e. The van der Waals surface area contributed by atoms with E-state index in [0.717, 1.165) is 13.0 Å². The van der Waals surface area contributed by atoms with Crippen LogP contribution in [0.4, 0.5) is 11.9 Å². The van der Waals surface area contributed by atoms with Crippen LogP contribution in [0.25, 0.3) is 0 Å². The predicted octanol–water partition coefficient (Wildman–Crippen LogP) is 1.83. The molecule has 1 fully saturated rings. The molecule has 0 unspecified atom stereocenters. The average Bonchev–Trinajstić information content (AvgIpc) is 2.72. The van der Waals surface area contributed by atoms with Gasteiger partial charge in [0.2, 0.25) is 11.9 Å². The summed E-state index contributed by atoms with van der Waals surface area (Å²) in [7, 11) is 0. The Morgan fingerprint density at radius 1 is 1.08 bits per heavy atom. The van der Waals surface area contributed by atoms with Crippen LogP contribution < -0.4 is 10.2 Å². The van der Waals surface area contributed by atoms with Crippen molar-refractivity contribution in [3.8, 4) is 0 Å². The molecule has 8 heteroatoms. The summed E-state index contributed by atoms with van der Waals surface area (Å²) in [4.78, 5) is 33.7. The first-order valence-electron chi connectivity index (χ1n) is 9.16. The molecule has 1 aliphatic heterocycles. The van der Waals surface area contributed by atoms with E-state index in [0.29, 0.717) is 43.8 Å². The molecule has 3 rings (SSSR count). The lowest BCUT2D eigenvalue weighted by Crippen LogP contribution is -2.49. The van der Waals surface area contributed by atoms with Crippen molar-refractivity contribution in [2.45, 2.75) is 26.2 Å². The van der Waals surface area contributed by atoms with E-state index in [2.05, 4.69) is 37.1 Å². The van der Waals surface area contributed by atoms with E-state index in [9.17, 15) is 4.79 Å². The number of amides is 1. The van der Waals surface area contributed by atoms with Crippen molar-refractivity contribution in [1.82, 2.24) is 24.8 Å². The van der Waals surface area contributed by atoms with Gasteiger partial charge in [0.15, 0.2) is 0 Å². The second-order valence-electron chi connectivity index (χ2n) is 6.23. The van der Waals surface area contributed by atoms with Crippen LogP contribution >= 0.6 is 0 Å². The lowest BCUT2D eigenvalue weighted by Gasteiger charge is -2.34. The number of unbranched alkanes of at least 4 members (excludes halogenated alkanes) is 2. The van der Waals surface area contributed by atoms with E-state index in [4.69, 9.17) is 0 Å². The van der Waals surface area contributed by atoms with Crippen LogP contribution in [0.2, 0.25) is 0 Å². The molecule has 2 aromatic heterocycles. The van der Waals surface area contributed by atoms with Crippen molar-refractivity contribution in [2.24, 2.45) is 0 Å². The number of nitrogens with one attached hydrogen (secondary N) is 1. The molecule has 1 amide bonds. The molecule has 0 aliphatic carbocycles. The fraction of sp³-hybridized carbons (Fsp3) is 0.500. The molecule has 1 saturated heterocycles. The SMILES string of the molecule is CCCCCNc1nccc(C(=O)N2CCN(c3ncccn3)CC2)n1. The summed E-state index contributed by atoms with van der Waals surface area (Å²) in [5, 5.41) is 3.19. The summed E-state index contributed by atoms with van der Waals surface area (Å²) < 4.78 is 0. The normalized spacial score (nSPS) is 14.3. The molecular weight excluding hydrogens is 330 g/mol. The molecule has 1 N–H and O–H groups in total. The Bertz CT molecular complexity index is 702. The molecule has 0 atom stereocenters. The summed E-state index contributed by atoms with van der Waals surface area (Å²) in [6.45, 7) is 5.66. The van der Waals surface area contributed by atoms with Gasteiger partial charge in [-0.1, -0.05) is 19.8 Å². The number of anilines is 2. The third-order valence-electron chi connectivity index (χ3n) is 4.34. The summed E-state index contributed by atoms with van der Waals surface area (Å²) in [5.74, 6) is 1.17. The van der Waals surface area contributed by atoms with Gasteiger partial charge >= 0.3 is 0 Å². The fourth-order valence-corrected chi connectivity index (χ4v) is 2.86. The molecule has 1 aliphatic rings. The van der Waals surface area contributed by atoms with Gasteiger partial charge in [0.25, 0.3) is 5.91 Å². The van der Waals surface area contributed by atoms with E-state index < -0.39 is 0 Å². The standard InChI is InChI=1S/C18H25N7O/c1-2-3-4-7-19-17-20-10-6-15(23-17)16(26)24-11-13-25(14-12-24)18-21-8-5-9-22-18/h5-6,8-10H,2-4,7,11-14H2,1H3,(H,19,20,23). The van der Waals surface area contributed by atoms with Crippen molar-refractivity contribution in [3.63, 3.8) is 0 Å². The number of piperazine rings is 1. The van der Waals surface area contributed by atoms with Crippen LogP contribution in [-0.4, -0.2) is 63.5 Å². The van der Waals surface area contributed by atoms with Gasteiger partial charge in [-0.2, -0.15) is 0 Å². The number of hydrogen-bond donors (Lipinski definition) is 1. The third kappa shape index (κ3) is 4.65. The lowest BCUT2D eigenvalue weighted by molar-refractivity contribution is 0.0740. The highest BCUT2D eigenvalue weighted by atomic mass is 16.2. The highest BCUT2D eigenvalue weighted by molar-refractivity contribution is 5.92. The first-order chi connectivity index (χ1) is 12.8. The van der Waals surface area contributed by atoms with Crippen LogP contribution in [0.1, 0.15) is 36.7 Å². The van der Waals surface area contributed by atoms with E-state index in [1.807, 2.05) is 4.90 Å². The zero-order valence-electron chi connectivity index (χ0n) is 15.1. The third-order valence-corrected chi connectivity index (χ3v) is 4.34. The lowest BCUT2D eigenvalue weighted by atomic mass is 10.2. The van der Waals surface area contributed by atoms with Crippen LogP contribution in [0, 0.1) is 0 Å². The van der Waals surface area contributed by atoms with Crippen molar-refractivity contribution in [1.29, 1.82) is 0 Å². The molecule has 138 valence electrons. The Morgan fingerprint density at radius 3 is 2.58 bits per heavy atom. The molecular formula is C18H25N7O. The largest absolute Gasteiger partial charge is 0.354 e. The number of rotatable bonds is 7. The first-order valence-corrected chi connectivity index (χ1v) is 9.16. The molecule has 0 aromatic carbocycles. The van der Waals surface area contributed by atoms with E-state index in [1.54, 1.807) is 30.7 Å². The van der Waals surface area contributed by atoms with Crippen molar-refractivity contribution >= 4 is 17.8 Å². The van der Waals surface area contributed by atoms with Gasteiger partial charge < -0.3 is 15.1 Å². The summed E-state index contributed by atoms with van der Waals surface area (Å²) in [5.41, 5.74) is 0.433. The maximum Gasteiger partial charge on any atom is 0.272 e. The fourth-order valence-electron chi connectivity index (χ4n) is 2.86. The molecule has 0 bridgehead atoms. The van der Waals surface area contributed by atoms with E-state index >= 15 is 0 Å². The van der Waals surface area contributed by atoms with Gasteiger partial charge in [-0.25, -0.2) is 19.9 Å². The number of carbonyl (C=O) groups excluding carboxylic acids is 1. The average molecular weight is 355 g/mol. The van der Waals surface area contributed by atoms with Crippen LogP contribution in [-0.2, 0) is 0 Å². The molecule has 8 nitrogen and oxygen atoms in total. The highest BCUT2D eigenvalue weighted by Gasteiger charge is 2.24. The van der Waals surface area contributed by atoms with Gasteiger partial charge in [-0.15, -0.1) is 0 Å². The van der Waals surface area contributed by atoms with Crippen LogP contribution in [0.5, 0.6) is 0 Å².